The van der Waals surface area contributed by atoms with Crippen molar-refractivity contribution >= 4 is 39.4 Å². The Bertz CT molecular complexity index is 491. The summed E-state index contributed by atoms with van der Waals surface area (Å²) in [5, 5.41) is 11.8. The van der Waals surface area contributed by atoms with Crippen molar-refractivity contribution in [1.82, 2.24) is 5.32 Å². The minimum atomic E-state index is -1.05. The van der Waals surface area contributed by atoms with E-state index in [1.54, 1.807) is 18.2 Å². The summed E-state index contributed by atoms with van der Waals surface area (Å²) in [5.74, 6) is -1.36. The van der Waals surface area contributed by atoms with Gasteiger partial charge in [-0.15, -0.1) is 0 Å². The van der Waals surface area contributed by atoms with Crippen LogP contribution in [0, 0.1) is 5.92 Å². The van der Waals surface area contributed by atoms with Gasteiger partial charge in [0, 0.05) is 4.47 Å². The lowest BCUT2D eigenvalue weighted by Gasteiger charge is -2.16. The third kappa shape index (κ3) is 4.84. The number of carbonyl (C=O) groups is 2. The maximum atomic E-state index is 12.0. The van der Waals surface area contributed by atoms with Crippen LogP contribution < -0.4 is 5.32 Å². The molecule has 1 atom stereocenters. The van der Waals surface area contributed by atoms with Crippen LogP contribution in [0.2, 0.25) is 5.02 Å². The van der Waals surface area contributed by atoms with Crippen LogP contribution in [0.1, 0.15) is 30.6 Å². The molecular formula is C13H15BrClNO3. The van der Waals surface area contributed by atoms with Gasteiger partial charge in [0.1, 0.15) is 6.04 Å². The van der Waals surface area contributed by atoms with E-state index in [4.69, 9.17) is 16.7 Å². The van der Waals surface area contributed by atoms with Gasteiger partial charge in [0.2, 0.25) is 0 Å². The summed E-state index contributed by atoms with van der Waals surface area (Å²) in [7, 11) is 0. The second-order valence-corrected chi connectivity index (χ2v) is 5.94. The van der Waals surface area contributed by atoms with E-state index in [1.165, 1.54) is 0 Å². The van der Waals surface area contributed by atoms with Crippen molar-refractivity contribution in [2.75, 3.05) is 0 Å². The lowest BCUT2D eigenvalue weighted by Crippen LogP contribution is -2.41. The maximum Gasteiger partial charge on any atom is 0.326 e. The molecule has 0 aliphatic rings. The van der Waals surface area contributed by atoms with E-state index >= 15 is 0 Å². The fraction of sp³-hybridized carbons (Fsp3) is 0.385. The molecule has 19 heavy (non-hydrogen) atoms. The number of carboxylic acid groups (broad SMARTS) is 1. The van der Waals surface area contributed by atoms with E-state index < -0.39 is 17.9 Å². The van der Waals surface area contributed by atoms with E-state index in [1.807, 2.05) is 13.8 Å². The van der Waals surface area contributed by atoms with Crippen LogP contribution in [0.25, 0.3) is 0 Å². The summed E-state index contributed by atoms with van der Waals surface area (Å²) in [5.41, 5.74) is 0.264. The summed E-state index contributed by atoms with van der Waals surface area (Å²) in [6.45, 7) is 3.80. The first-order valence-corrected chi connectivity index (χ1v) is 6.97. The highest BCUT2D eigenvalue weighted by atomic mass is 79.9. The smallest absolute Gasteiger partial charge is 0.326 e. The number of halogens is 2. The Morgan fingerprint density at radius 2 is 2.05 bits per heavy atom. The average Bonchev–Trinajstić information content (AvgIpc) is 2.26. The summed E-state index contributed by atoms with van der Waals surface area (Å²) < 4.78 is 0.756. The molecule has 2 N–H and O–H groups in total. The first-order chi connectivity index (χ1) is 8.81. The highest BCUT2D eigenvalue weighted by Crippen LogP contribution is 2.21. The molecule has 0 radical (unpaired) electrons. The van der Waals surface area contributed by atoms with Gasteiger partial charge in [-0.25, -0.2) is 4.79 Å². The van der Waals surface area contributed by atoms with Crippen molar-refractivity contribution in [2.45, 2.75) is 26.3 Å². The summed E-state index contributed by atoms with van der Waals surface area (Å²) >= 11 is 9.20. The van der Waals surface area contributed by atoms with E-state index in [-0.39, 0.29) is 16.5 Å². The molecule has 1 rings (SSSR count). The van der Waals surface area contributed by atoms with E-state index in [2.05, 4.69) is 21.2 Å². The van der Waals surface area contributed by atoms with Gasteiger partial charge in [-0.05, 0) is 30.5 Å². The second-order valence-electron chi connectivity index (χ2n) is 4.62. The zero-order valence-electron chi connectivity index (χ0n) is 10.6. The molecule has 1 aromatic carbocycles. The Labute approximate surface area is 125 Å². The number of amides is 1. The van der Waals surface area contributed by atoms with Gasteiger partial charge in [-0.2, -0.15) is 0 Å². The van der Waals surface area contributed by atoms with Gasteiger partial charge in [-0.1, -0.05) is 41.4 Å². The van der Waals surface area contributed by atoms with Crippen molar-refractivity contribution in [1.29, 1.82) is 0 Å². The molecule has 0 saturated heterocycles. The normalized spacial score (nSPS) is 12.3. The SMILES string of the molecule is CC(C)CC(NC(=O)c1ccc(Br)cc1Cl)C(=O)O. The first-order valence-electron chi connectivity index (χ1n) is 5.80. The summed E-state index contributed by atoms with van der Waals surface area (Å²) in [4.78, 5) is 23.1. The van der Waals surface area contributed by atoms with Crippen LogP contribution in [0.5, 0.6) is 0 Å². The Morgan fingerprint density at radius 1 is 1.42 bits per heavy atom. The molecule has 0 bridgehead atoms. The Kier molecular flexibility index (Phi) is 5.82. The lowest BCUT2D eigenvalue weighted by atomic mass is 10.0. The molecule has 0 aliphatic carbocycles. The zero-order chi connectivity index (χ0) is 14.6. The summed E-state index contributed by atoms with van der Waals surface area (Å²) in [6, 6.07) is 3.91. The van der Waals surface area contributed by atoms with Gasteiger partial charge in [0.25, 0.3) is 5.91 Å². The summed E-state index contributed by atoms with van der Waals surface area (Å²) in [6.07, 6.45) is 0.370. The van der Waals surface area contributed by atoms with Crippen molar-refractivity contribution in [2.24, 2.45) is 5.92 Å². The van der Waals surface area contributed by atoms with Crippen molar-refractivity contribution in [3.8, 4) is 0 Å². The minimum Gasteiger partial charge on any atom is -0.480 e. The van der Waals surface area contributed by atoms with Crippen LogP contribution in [-0.2, 0) is 4.79 Å². The maximum absolute atomic E-state index is 12.0. The fourth-order valence-corrected chi connectivity index (χ4v) is 2.36. The van der Waals surface area contributed by atoms with Crippen LogP contribution in [0.3, 0.4) is 0 Å². The molecular weight excluding hydrogens is 334 g/mol. The molecule has 0 heterocycles. The molecule has 4 nitrogen and oxygen atoms in total. The number of hydrogen-bond acceptors (Lipinski definition) is 2. The molecule has 0 saturated carbocycles. The van der Waals surface area contributed by atoms with Crippen LogP contribution in [-0.4, -0.2) is 23.0 Å². The highest BCUT2D eigenvalue weighted by Gasteiger charge is 2.22. The van der Waals surface area contributed by atoms with Crippen LogP contribution >= 0.6 is 27.5 Å². The van der Waals surface area contributed by atoms with Gasteiger partial charge in [0.05, 0.1) is 10.6 Å². The lowest BCUT2D eigenvalue weighted by molar-refractivity contribution is -0.139. The molecule has 0 spiro atoms. The number of carbonyl (C=O) groups excluding carboxylic acids is 1. The molecule has 0 aliphatic heterocycles. The Balaban J connectivity index is 2.84. The van der Waals surface area contributed by atoms with Crippen LogP contribution in [0.15, 0.2) is 22.7 Å². The number of rotatable bonds is 5. The molecule has 104 valence electrons. The molecule has 0 aromatic heterocycles. The van der Waals surface area contributed by atoms with Crippen molar-refractivity contribution < 1.29 is 14.7 Å². The van der Waals surface area contributed by atoms with E-state index in [0.717, 1.165) is 4.47 Å². The number of hydrogen-bond donors (Lipinski definition) is 2. The predicted molar refractivity (Wildman–Crippen MR) is 77.5 cm³/mol. The average molecular weight is 349 g/mol. The van der Waals surface area contributed by atoms with E-state index in [9.17, 15) is 9.59 Å². The Hall–Kier alpha value is -1.07. The number of aliphatic carboxylic acids is 1. The number of benzene rings is 1. The first kappa shape index (κ1) is 16.0. The largest absolute Gasteiger partial charge is 0.480 e. The fourth-order valence-electron chi connectivity index (χ4n) is 1.60. The molecule has 6 heteroatoms. The minimum absolute atomic E-state index is 0.168. The van der Waals surface area contributed by atoms with Gasteiger partial charge >= 0.3 is 5.97 Å². The highest BCUT2D eigenvalue weighted by molar-refractivity contribution is 9.10. The van der Waals surface area contributed by atoms with Gasteiger partial charge < -0.3 is 10.4 Å². The number of carboxylic acids is 1. The molecule has 1 aromatic rings. The van der Waals surface area contributed by atoms with Gasteiger partial charge in [0.15, 0.2) is 0 Å². The molecule has 0 fully saturated rings. The van der Waals surface area contributed by atoms with Crippen molar-refractivity contribution in [3.63, 3.8) is 0 Å². The van der Waals surface area contributed by atoms with Crippen LogP contribution in [0.4, 0.5) is 0 Å². The third-order valence-corrected chi connectivity index (χ3v) is 3.29. The number of nitrogens with one attached hydrogen (secondary N) is 1. The topological polar surface area (TPSA) is 66.4 Å². The second kappa shape index (κ2) is 6.91. The van der Waals surface area contributed by atoms with E-state index in [0.29, 0.717) is 6.42 Å². The predicted octanol–water partition coefficient (Wildman–Crippen LogP) is 3.33. The monoisotopic (exact) mass is 347 g/mol. The zero-order valence-corrected chi connectivity index (χ0v) is 13.0. The quantitative estimate of drug-likeness (QED) is 0.857. The third-order valence-electron chi connectivity index (χ3n) is 2.49. The van der Waals surface area contributed by atoms with Gasteiger partial charge in [-0.3, -0.25) is 4.79 Å². The molecule has 1 unspecified atom stereocenters. The molecule has 1 amide bonds. The standard InChI is InChI=1S/C13H15BrClNO3/c1-7(2)5-11(13(18)19)16-12(17)9-4-3-8(14)6-10(9)15/h3-4,6-7,11H,5H2,1-2H3,(H,16,17)(H,18,19). The Morgan fingerprint density at radius 3 is 2.53 bits per heavy atom. The van der Waals surface area contributed by atoms with Crippen molar-refractivity contribution in [3.05, 3.63) is 33.3 Å².